The zero-order chi connectivity index (χ0) is 10.8. The third-order valence-electron chi connectivity index (χ3n) is 2.41. The fourth-order valence-electron chi connectivity index (χ4n) is 1.53. The number of hydrogen-bond acceptors (Lipinski definition) is 4. The summed E-state index contributed by atoms with van der Waals surface area (Å²) >= 11 is 1.69. The minimum atomic E-state index is 0.768. The van der Waals surface area contributed by atoms with Crippen LogP contribution in [0.15, 0.2) is 28.1 Å². The van der Waals surface area contributed by atoms with Gasteiger partial charge in [0.25, 0.3) is 0 Å². The van der Waals surface area contributed by atoms with Gasteiger partial charge in [-0.1, -0.05) is 5.16 Å². The lowest BCUT2D eigenvalue weighted by Gasteiger charge is -2.01. The Bertz CT molecular complexity index is 447. The van der Waals surface area contributed by atoms with E-state index in [0.29, 0.717) is 0 Å². The van der Waals surface area contributed by atoms with Crippen LogP contribution in [0, 0.1) is 0 Å². The van der Waals surface area contributed by atoms with E-state index in [-0.39, 0.29) is 0 Å². The van der Waals surface area contributed by atoms with Gasteiger partial charge in [-0.05, 0) is 17.9 Å². The van der Waals surface area contributed by atoms with Crippen molar-refractivity contribution in [2.75, 3.05) is 12.0 Å². The van der Waals surface area contributed by atoms with E-state index in [1.165, 1.54) is 5.03 Å². The Hall–Kier alpha value is -1.36. The second-order valence-electron chi connectivity index (χ2n) is 3.37. The molecular formula is C10H13N3OS. The maximum absolute atomic E-state index is 5.99. The molecule has 0 atom stereocenters. The lowest BCUT2D eigenvalue weighted by molar-refractivity contribution is 0.419. The summed E-state index contributed by atoms with van der Waals surface area (Å²) in [5.74, 6) is 0.806. The van der Waals surface area contributed by atoms with E-state index in [1.54, 1.807) is 24.2 Å². The van der Waals surface area contributed by atoms with Crippen LogP contribution < -0.4 is 5.73 Å². The van der Waals surface area contributed by atoms with Crippen LogP contribution in [0.25, 0.3) is 0 Å². The SMILES string of the molecule is CSc1cc(Cc2cnoc2)c(N)n1C. The van der Waals surface area contributed by atoms with Crippen LogP contribution in [0.5, 0.6) is 0 Å². The molecule has 2 rings (SSSR count). The van der Waals surface area contributed by atoms with E-state index in [2.05, 4.69) is 11.2 Å². The summed E-state index contributed by atoms with van der Waals surface area (Å²) in [6, 6.07) is 2.10. The third kappa shape index (κ3) is 1.87. The maximum Gasteiger partial charge on any atom is 0.127 e. The first-order chi connectivity index (χ1) is 7.22. The highest BCUT2D eigenvalue weighted by Gasteiger charge is 2.10. The number of rotatable bonds is 3. The predicted octanol–water partition coefficient (Wildman–Crippen LogP) is 1.91. The van der Waals surface area contributed by atoms with Crippen molar-refractivity contribution in [3.05, 3.63) is 29.7 Å². The monoisotopic (exact) mass is 223 g/mol. The number of nitrogen functional groups attached to an aromatic ring is 1. The number of nitrogens with two attached hydrogens (primary N) is 1. The normalized spacial score (nSPS) is 10.8. The third-order valence-corrected chi connectivity index (χ3v) is 3.22. The highest BCUT2D eigenvalue weighted by atomic mass is 32.2. The quantitative estimate of drug-likeness (QED) is 0.807. The zero-order valence-corrected chi connectivity index (χ0v) is 9.54. The predicted molar refractivity (Wildman–Crippen MR) is 60.9 cm³/mol. The molecule has 0 aliphatic heterocycles. The van der Waals surface area contributed by atoms with Gasteiger partial charge < -0.3 is 14.8 Å². The summed E-state index contributed by atoms with van der Waals surface area (Å²) in [6.07, 6.45) is 6.16. The summed E-state index contributed by atoms with van der Waals surface area (Å²) < 4.78 is 6.78. The highest BCUT2D eigenvalue weighted by Crippen LogP contribution is 2.25. The molecule has 5 heteroatoms. The second kappa shape index (κ2) is 4.02. The summed E-state index contributed by atoms with van der Waals surface area (Å²) in [7, 11) is 1.97. The molecule has 0 aliphatic rings. The maximum atomic E-state index is 5.99. The van der Waals surface area contributed by atoms with Crippen molar-refractivity contribution >= 4 is 17.6 Å². The standard InChI is InChI=1S/C10H13N3OS/c1-13-9(15-2)4-8(10(13)11)3-7-5-12-14-6-7/h4-6H,3,11H2,1-2H3. The molecule has 2 heterocycles. The van der Waals surface area contributed by atoms with E-state index >= 15 is 0 Å². The van der Waals surface area contributed by atoms with Crippen LogP contribution >= 0.6 is 11.8 Å². The topological polar surface area (TPSA) is 57.0 Å². The van der Waals surface area contributed by atoms with Crippen LogP contribution in [-0.4, -0.2) is 16.0 Å². The number of nitrogens with zero attached hydrogens (tertiary/aromatic N) is 2. The van der Waals surface area contributed by atoms with Gasteiger partial charge in [-0.3, -0.25) is 0 Å². The molecule has 0 radical (unpaired) electrons. The lowest BCUT2D eigenvalue weighted by atomic mass is 10.1. The fraction of sp³-hybridized carbons (Fsp3) is 0.300. The zero-order valence-electron chi connectivity index (χ0n) is 8.73. The minimum absolute atomic E-state index is 0.768. The van der Waals surface area contributed by atoms with Crippen molar-refractivity contribution in [1.29, 1.82) is 0 Å². The number of aromatic nitrogens is 2. The average molecular weight is 223 g/mol. The molecule has 80 valence electrons. The van der Waals surface area contributed by atoms with Gasteiger partial charge in [-0.15, -0.1) is 11.8 Å². The van der Waals surface area contributed by atoms with Crippen molar-refractivity contribution < 1.29 is 4.52 Å². The van der Waals surface area contributed by atoms with E-state index in [1.807, 2.05) is 17.9 Å². The minimum Gasteiger partial charge on any atom is -0.385 e. The molecule has 0 bridgehead atoms. The van der Waals surface area contributed by atoms with Gasteiger partial charge in [0.15, 0.2) is 0 Å². The Kier molecular flexibility index (Phi) is 2.73. The first kappa shape index (κ1) is 10.2. The summed E-state index contributed by atoms with van der Waals surface area (Å²) in [5, 5.41) is 4.84. The van der Waals surface area contributed by atoms with Gasteiger partial charge in [0.05, 0.1) is 11.2 Å². The van der Waals surface area contributed by atoms with Crippen LogP contribution in [0.2, 0.25) is 0 Å². The highest BCUT2D eigenvalue weighted by molar-refractivity contribution is 7.98. The van der Waals surface area contributed by atoms with E-state index in [4.69, 9.17) is 10.3 Å². The molecule has 0 spiro atoms. The molecule has 0 unspecified atom stereocenters. The molecule has 0 saturated carbocycles. The van der Waals surface area contributed by atoms with Gasteiger partial charge in [0, 0.05) is 19.0 Å². The van der Waals surface area contributed by atoms with Crippen LogP contribution in [0.3, 0.4) is 0 Å². The molecule has 4 nitrogen and oxygen atoms in total. The van der Waals surface area contributed by atoms with Gasteiger partial charge in [0.2, 0.25) is 0 Å². The molecule has 15 heavy (non-hydrogen) atoms. The Balaban J connectivity index is 2.29. The molecule has 2 aromatic rings. The van der Waals surface area contributed by atoms with Gasteiger partial charge in [-0.25, -0.2) is 0 Å². The van der Waals surface area contributed by atoms with Crippen molar-refractivity contribution in [2.24, 2.45) is 7.05 Å². The van der Waals surface area contributed by atoms with Crippen LogP contribution in [-0.2, 0) is 13.5 Å². The molecule has 0 amide bonds. The summed E-state index contributed by atoms with van der Waals surface area (Å²) in [4.78, 5) is 0. The van der Waals surface area contributed by atoms with Gasteiger partial charge >= 0.3 is 0 Å². The smallest absolute Gasteiger partial charge is 0.127 e. The lowest BCUT2D eigenvalue weighted by Crippen LogP contribution is -1.99. The molecule has 2 N–H and O–H groups in total. The van der Waals surface area contributed by atoms with Gasteiger partial charge in [0.1, 0.15) is 12.1 Å². The van der Waals surface area contributed by atoms with E-state index < -0.39 is 0 Å². The van der Waals surface area contributed by atoms with Gasteiger partial charge in [-0.2, -0.15) is 0 Å². The number of hydrogen-bond donors (Lipinski definition) is 1. The Morgan fingerprint density at radius 1 is 1.60 bits per heavy atom. The number of anilines is 1. The molecule has 2 aromatic heterocycles. The van der Waals surface area contributed by atoms with Crippen molar-refractivity contribution in [3.8, 4) is 0 Å². The Labute approximate surface area is 92.4 Å². The van der Waals surface area contributed by atoms with Crippen molar-refractivity contribution in [3.63, 3.8) is 0 Å². The summed E-state index contributed by atoms with van der Waals surface area (Å²) in [5.41, 5.74) is 8.15. The Morgan fingerprint density at radius 3 is 2.93 bits per heavy atom. The fourth-order valence-corrected chi connectivity index (χ4v) is 2.16. The molecular weight excluding hydrogens is 210 g/mol. The largest absolute Gasteiger partial charge is 0.385 e. The van der Waals surface area contributed by atoms with Crippen molar-refractivity contribution in [2.45, 2.75) is 11.4 Å². The first-order valence-electron chi connectivity index (χ1n) is 4.58. The average Bonchev–Trinajstić information content (AvgIpc) is 2.82. The number of thioether (sulfide) groups is 1. The van der Waals surface area contributed by atoms with Crippen LogP contribution in [0.4, 0.5) is 5.82 Å². The molecule has 0 fully saturated rings. The van der Waals surface area contributed by atoms with Crippen molar-refractivity contribution in [1.82, 2.24) is 9.72 Å². The van der Waals surface area contributed by atoms with E-state index in [9.17, 15) is 0 Å². The molecule has 0 aromatic carbocycles. The molecule has 0 saturated heterocycles. The van der Waals surface area contributed by atoms with Crippen LogP contribution in [0.1, 0.15) is 11.1 Å². The van der Waals surface area contributed by atoms with E-state index in [0.717, 1.165) is 23.4 Å². The molecule has 0 aliphatic carbocycles. The first-order valence-corrected chi connectivity index (χ1v) is 5.81. The summed E-state index contributed by atoms with van der Waals surface area (Å²) in [6.45, 7) is 0. The second-order valence-corrected chi connectivity index (χ2v) is 4.19. The Morgan fingerprint density at radius 2 is 2.40 bits per heavy atom.